The lowest BCUT2D eigenvalue weighted by Gasteiger charge is -2.56. The molecule has 216 valence electrons. The van der Waals surface area contributed by atoms with Gasteiger partial charge in [0.25, 0.3) is 0 Å². The highest BCUT2D eigenvalue weighted by atomic mass is 16.3. The highest BCUT2D eigenvalue weighted by Crippen LogP contribution is 2.65. The second-order valence-corrected chi connectivity index (χ2v) is 16.1. The van der Waals surface area contributed by atoms with E-state index in [0.29, 0.717) is 47.1 Å². The van der Waals surface area contributed by atoms with Crippen molar-refractivity contribution in [1.82, 2.24) is 0 Å². The molecular formula is C37H50O3. The van der Waals surface area contributed by atoms with E-state index in [-0.39, 0.29) is 27.8 Å². The Morgan fingerprint density at radius 3 is 2.33 bits per heavy atom. The first-order chi connectivity index (χ1) is 18.9. The third kappa shape index (κ3) is 3.51. The first kappa shape index (κ1) is 27.1. The minimum absolute atomic E-state index is 0.0843. The topological polar surface area (TPSA) is 54.4 Å². The summed E-state index contributed by atoms with van der Waals surface area (Å²) in [4.78, 5) is 26.9. The van der Waals surface area contributed by atoms with Crippen molar-refractivity contribution < 1.29 is 14.7 Å². The molecule has 0 bridgehead atoms. The molecule has 3 fully saturated rings. The molecule has 11 unspecified atom stereocenters. The van der Waals surface area contributed by atoms with Crippen LogP contribution < -0.4 is 0 Å². The summed E-state index contributed by atoms with van der Waals surface area (Å²) in [5, 5.41) is 10.3. The summed E-state index contributed by atoms with van der Waals surface area (Å²) in [5.74, 6) is 3.76. The summed E-state index contributed by atoms with van der Waals surface area (Å²) < 4.78 is 0. The molecule has 0 saturated heterocycles. The van der Waals surface area contributed by atoms with Gasteiger partial charge >= 0.3 is 0 Å². The predicted molar refractivity (Wildman–Crippen MR) is 159 cm³/mol. The molecule has 1 N–H and O–H groups in total. The molecule has 40 heavy (non-hydrogen) atoms. The Balaban J connectivity index is 1.13. The van der Waals surface area contributed by atoms with Crippen LogP contribution in [0.1, 0.15) is 105 Å². The zero-order chi connectivity index (χ0) is 28.2. The maximum atomic E-state index is 14.1. The second kappa shape index (κ2) is 8.88. The molecule has 0 aliphatic heterocycles. The van der Waals surface area contributed by atoms with Gasteiger partial charge in [0, 0.05) is 10.8 Å². The number of allylic oxidation sites excluding steroid dienone is 7. The smallest absolute Gasteiger partial charge is 0.165 e. The van der Waals surface area contributed by atoms with Gasteiger partial charge in [0.2, 0.25) is 0 Å². The van der Waals surface area contributed by atoms with Crippen molar-refractivity contribution >= 4 is 11.6 Å². The number of carbonyl (C=O) groups is 2. The van der Waals surface area contributed by atoms with Crippen LogP contribution in [0.15, 0.2) is 47.1 Å². The third-order valence-electron chi connectivity index (χ3n) is 14.6. The Kier molecular flexibility index (Phi) is 6.02. The zero-order valence-electron chi connectivity index (χ0n) is 25.5. The fourth-order valence-electron chi connectivity index (χ4n) is 11.6. The van der Waals surface area contributed by atoms with E-state index in [0.717, 1.165) is 76.2 Å². The summed E-state index contributed by atoms with van der Waals surface area (Å²) >= 11 is 0. The molecular weight excluding hydrogens is 492 g/mol. The van der Waals surface area contributed by atoms with Gasteiger partial charge in [-0.1, -0.05) is 63.1 Å². The largest absolute Gasteiger partial charge is 0.393 e. The van der Waals surface area contributed by atoms with Crippen molar-refractivity contribution in [2.75, 3.05) is 0 Å². The Morgan fingerprint density at radius 2 is 1.52 bits per heavy atom. The normalized spacial score (nSPS) is 51.1. The SMILES string of the molecule is CC1=CCC2C3C=CC(=O)C3(C)CCC2C1(C)CCC1=CC2C3CC=C4CC(O)CCC4(C)C3CCC2(C)C1=O. The molecule has 0 aromatic carbocycles. The summed E-state index contributed by atoms with van der Waals surface area (Å²) in [6.07, 6.45) is 22.5. The molecule has 3 saturated carbocycles. The molecule has 7 aliphatic rings. The van der Waals surface area contributed by atoms with E-state index < -0.39 is 0 Å². The number of Topliss-reactive ketones (excluding diaryl/α,β-unsaturated/α-hetero) is 1. The van der Waals surface area contributed by atoms with Crippen LogP contribution >= 0.6 is 0 Å². The van der Waals surface area contributed by atoms with E-state index in [1.807, 2.05) is 6.08 Å². The predicted octanol–water partition coefficient (Wildman–Crippen LogP) is 7.95. The Hall–Kier alpha value is -1.74. The summed E-state index contributed by atoms with van der Waals surface area (Å²) in [6.45, 7) is 11.7. The van der Waals surface area contributed by atoms with Crippen LogP contribution in [0.5, 0.6) is 0 Å². The van der Waals surface area contributed by atoms with E-state index in [1.54, 1.807) is 0 Å². The highest BCUT2D eigenvalue weighted by molar-refractivity contribution is 6.02. The van der Waals surface area contributed by atoms with Crippen LogP contribution in [-0.2, 0) is 9.59 Å². The Bertz CT molecular complexity index is 1270. The first-order valence-electron chi connectivity index (χ1n) is 16.4. The lowest BCUT2D eigenvalue weighted by Crippen LogP contribution is -2.50. The molecule has 0 aromatic heterocycles. The number of hydrogen-bond donors (Lipinski definition) is 1. The molecule has 0 radical (unpaired) electrons. The molecule has 7 rings (SSSR count). The third-order valence-corrected chi connectivity index (χ3v) is 14.6. The molecule has 0 spiro atoms. The molecule has 0 heterocycles. The van der Waals surface area contributed by atoms with Gasteiger partial charge in [-0.15, -0.1) is 0 Å². The molecule has 11 atom stereocenters. The average molecular weight is 543 g/mol. The quantitative estimate of drug-likeness (QED) is 0.368. The highest BCUT2D eigenvalue weighted by Gasteiger charge is 2.60. The van der Waals surface area contributed by atoms with Crippen LogP contribution in [0.2, 0.25) is 0 Å². The Labute approximate surface area is 241 Å². The van der Waals surface area contributed by atoms with Crippen LogP contribution in [-0.4, -0.2) is 22.8 Å². The number of rotatable bonds is 3. The van der Waals surface area contributed by atoms with Gasteiger partial charge in [-0.05, 0) is 136 Å². The second-order valence-electron chi connectivity index (χ2n) is 16.1. The van der Waals surface area contributed by atoms with Crippen molar-refractivity contribution in [2.45, 2.75) is 111 Å². The van der Waals surface area contributed by atoms with Gasteiger partial charge < -0.3 is 5.11 Å². The number of fused-ring (bicyclic) bond motifs is 8. The molecule has 7 aliphatic carbocycles. The van der Waals surface area contributed by atoms with Crippen molar-refractivity contribution in [2.24, 2.45) is 57.2 Å². The van der Waals surface area contributed by atoms with Crippen molar-refractivity contribution in [1.29, 1.82) is 0 Å². The van der Waals surface area contributed by atoms with E-state index in [1.165, 1.54) is 11.1 Å². The summed E-state index contributed by atoms with van der Waals surface area (Å²) in [7, 11) is 0. The summed E-state index contributed by atoms with van der Waals surface area (Å²) in [5.41, 5.74) is 3.94. The van der Waals surface area contributed by atoms with Crippen LogP contribution in [0.25, 0.3) is 0 Å². The average Bonchev–Trinajstić information content (AvgIpc) is 3.37. The number of ketones is 2. The Morgan fingerprint density at radius 1 is 0.850 bits per heavy atom. The van der Waals surface area contributed by atoms with Crippen molar-refractivity contribution in [3.05, 3.63) is 47.1 Å². The molecule has 0 amide bonds. The van der Waals surface area contributed by atoms with Crippen molar-refractivity contribution in [3.8, 4) is 0 Å². The lowest BCUT2D eigenvalue weighted by molar-refractivity contribution is -0.131. The fraction of sp³-hybridized carbons (Fsp3) is 0.730. The van der Waals surface area contributed by atoms with Crippen LogP contribution in [0.3, 0.4) is 0 Å². The number of carbonyl (C=O) groups excluding carboxylic acids is 2. The van der Waals surface area contributed by atoms with E-state index in [2.05, 4.69) is 58.9 Å². The molecule has 3 heteroatoms. The van der Waals surface area contributed by atoms with E-state index in [9.17, 15) is 14.7 Å². The first-order valence-corrected chi connectivity index (χ1v) is 16.4. The lowest BCUT2D eigenvalue weighted by atomic mass is 9.48. The number of aliphatic hydroxyl groups is 1. The van der Waals surface area contributed by atoms with Gasteiger partial charge in [-0.2, -0.15) is 0 Å². The van der Waals surface area contributed by atoms with Gasteiger partial charge in [0.15, 0.2) is 11.6 Å². The monoisotopic (exact) mass is 542 g/mol. The number of hydrogen-bond acceptors (Lipinski definition) is 3. The van der Waals surface area contributed by atoms with Gasteiger partial charge in [-0.25, -0.2) is 0 Å². The molecule has 3 nitrogen and oxygen atoms in total. The van der Waals surface area contributed by atoms with E-state index >= 15 is 0 Å². The molecule has 0 aromatic rings. The minimum Gasteiger partial charge on any atom is -0.393 e. The van der Waals surface area contributed by atoms with E-state index in [4.69, 9.17) is 0 Å². The standard InChI is InChI=1S/C37H50O3/c1-22-6-8-26-28-10-11-32(39)36(28,4)18-14-29(26)34(22,2)16-12-23-20-31-27-9-7-24-21-25(38)13-17-35(24,3)30(27)15-19-37(31,5)33(23)40/h6-7,10-11,20,25-31,38H,8-9,12-19,21H2,1-5H3. The fourth-order valence-corrected chi connectivity index (χ4v) is 11.6. The summed E-state index contributed by atoms with van der Waals surface area (Å²) in [6, 6.07) is 0. The van der Waals surface area contributed by atoms with Crippen LogP contribution in [0.4, 0.5) is 0 Å². The maximum absolute atomic E-state index is 14.1. The maximum Gasteiger partial charge on any atom is 0.165 e. The van der Waals surface area contributed by atoms with Crippen molar-refractivity contribution in [3.63, 3.8) is 0 Å². The van der Waals surface area contributed by atoms with Crippen LogP contribution in [0, 0.1) is 57.2 Å². The van der Waals surface area contributed by atoms with Gasteiger partial charge in [0.05, 0.1) is 6.10 Å². The minimum atomic E-state index is -0.241. The van der Waals surface area contributed by atoms with Gasteiger partial charge in [0.1, 0.15) is 0 Å². The van der Waals surface area contributed by atoms with Gasteiger partial charge in [-0.3, -0.25) is 9.59 Å². The number of aliphatic hydroxyl groups excluding tert-OH is 1. The zero-order valence-corrected chi connectivity index (χ0v) is 25.5.